The molecule has 0 bridgehead atoms. The Morgan fingerprint density at radius 2 is 1.05 bits per heavy atom. The second kappa shape index (κ2) is 47.7. The first-order valence-electron chi connectivity index (χ1n) is 30.8. The standard InChI is InChI=1S/C33H63N3O4.C16H30O2.C9H18N2O.C6H9NO/c1-8-10-11-12-13-14-15-16-17-18-25-40-31(39)33(5,26-28(3)36-24-19-21-29(36)37)27-32(4,9-2)30(38)34-22-20-23-35(6)7;1-4-5-6-7-8-9-10-11-12-13-14-18-16(17)15(2)3;1-8(2)9(12)10-6-5-7-11(3)4;1-2-7-5-3-4-6(7)8/h28H,8-27H2,1-7H3,(H,34,38);2,4-14H2,1,3H3;1,5-7H2,2-4H3,(H,10,12);2H,1,3-5H2. The van der Waals surface area contributed by atoms with Crippen LogP contribution < -0.4 is 10.6 Å². The molecule has 454 valence electrons. The van der Waals surface area contributed by atoms with Crippen molar-refractivity contribution in [3.8, 4) is 0 Å². The summed E-state index contributed by atoms with van der Waals surface area (Å²) in [7, 11) is 8.08. The van der Waals surface area contributed by atoms with Gasteiger partial charge in [0, 0.05) is 61.6 Å². The summed E-state index contributed by atoms with van der Waals surface area (Å²) < 4.78 is 10.9. The minimum absolute atomic E-state index is 0.00706. The van der Waals surface area contributed by atoms with Gasteiger partial charge in [0.25, 0.3) is 0 Å². The van der Waals surface area contributed by atoms with Crippen molar-refractivity contribution in [2.75, 3.05) is 80.7 Å². The highest BCUT2D eigenvalue weighted by Crippen LogP contribution is 2.42. The predicted octanol–water partition coefficient (Wildman–Crippen LogP) is 13.1. The van der Waals surface area contributed by atoms with Gasteiger partial charge >= 0.3 is 11.9 Å². The van der Waals surface area contributed by atoms with Crippen LogP contribution in [-0.4, -0.2) is 142 Å². The Morgan fingerprint density at radius 3 is 1.42 bits per heavy atom. The molecule has 0 aromatic carbocycles. The maximum atomic E-state index is 13.6. The number of ether oxygens (including phenoxy) is 2. The highest BCUT2D eigenvalue weighted by Gasteiger charge is 2.46. The van der Waals surface area contributed by atoms with Crippen LogP contribution in [0, 0.1) is 10.8 Å². The predicted molar refractivity (Wildman–Crippen MR) is 325 cm³/mol. The molecular weight excluding hydrogens is 981 g/mol. The van der Waals surface area contributed by atoms with Gasteiger partial charge in [-0.05, 0) is 133 Å². The number of carbonyl (C=O) groups excluding carboxylic acids is 6. The van der Waals surface area contributed by atoms with E-state index in [1.54, 1.807) is 24.9 Å². The molecule has 0 radical (unpaired) electrons. The molecule has 2 N–H and O–H groups in total. The van der Waals surface area contributed by atoms with E-state index in [-0.39, 0.29) is 41.6 Å². The summed E-state index contributed by atoms with van der Waals surface area (Å²) >= 11 is 0. The second-order valence-corrected chi connectivity index (χ2v) is 23.3. The summed E-state index contributed by atoms with van der Waals surface area (Å²) in [6, 6.07) is -0.0749. The number of nitrogens with one attached hydrogen (secondary N) is 2. The van der Waals surface area contributed by atoms with Crippen LogP contribution in [-0.2, 0) is 38.2 Å². The zero-order valence-corrected chi connectivity index (χ0v) is 52.5. The number of carbonyl (C=O) groups is 6. The van der Waals surface area contributed by atoms with Crippen LogP contribution in [0.3, 0.4) is 0 Å². The van der Waals surface area contributed by atoms with Gasteiger partial charge in [0.2, 0.25) is 23.6 Å². The first-order chi connectivity index (χ1) is 37.0. The van der Waals surface area contributed by atoms with E-state index in [4.69, 9.17) is 9.47 Å². The Hall–Kier alpha value is -4.04. The lowest BCUT2D eigenvalue weighted by Gasteiger charge is -2.39. The number of nitrogens with zero attached hydrogens (tertiary/aromatic N) is 4. The zero-order valence-electron chi connectivity index (χ0n) is 52.5. The molecule has 2 saturated heterocycles. The van der Waals surface area contributed by atoms with Crippen molar-refractivity contribution < 1.29 is 38.2 Å². The van der Waals surface area contributed by atoms with Crippen LogP contribution in [0.15, 0.2) is 37.1 Å². The number of esters is 2. The molecule has 2 aliphatic rings. The van der Waals surface area contributed by atoms with E-state index < -0.39 is 10.8 Å². The van der Waals surface area contributed by atoms with Gasteiger partial charge < -0.3 is 39.7 Å². The van der Waals surface area contributed by atoms with Crippen LogP contribution in [0.2, 0.25) is 0 Å². The molecule has 14 nitrogen and oxygen atoms in total. The lowest BCUT2D eigenvalue weighted by molar-refractivity contribution is -0.160. The lowest BCUT2D eigenvalue weighted by atomic mass is 9.68. The van der Waals surface area contributed by atoms with E-state index in [0.717, 1.165) is 77.7 Å². The van der Waals surface area contributed by atoms with Crippen molar-refractivity contribution in [1.29, 1.82) is 0 Å². The van der Waals surface area contributed by atoms with Gasteiger partial charge in [-0.1, -0.05) is 163 Å². The topological polar surface area (TPSA) is 158 Å². The van der Waals surface area contributed by atoms with E-state index in [0.29, 0.717) is 63.0 Å². The van der Waals surface area contributed by atoms with Crippen LogP contribution >= 0.6 is 0 Å². The van der Waals surface area contributed by atoms with E-state index in [1.165, 1.54) is 109 Å². The van der Waals surface area contributed by atoms with E-state index >= 15 is 0 Å². The number of likely N-dealkylation sites (tertiary alicyclic amines) is 2. The Kier molecular flexibility index (Phi) is 46.5. The van der Waals surface area contributed by atoms with Crippen LogP contribution in [0.4, 0.5) is 0 Å². The third-order valence-corrected chi connectivity index (χ3v) is 14.7. The molecule has 0 spiro atoms. The van der Waals surface area contributed by atoms with E-state index in [1.807, 2.05) is 60.8 Å². The summed E-state index contributed by atoms with van der Waals surface area (Å²) in [5.41, 5.74) is -0.494. The molecule has 14 heteroatoms. The van der Waals surface area contributed by atoms with Crippen molar-refractivity contribution in [2.45, 2.75) is 248 Å². The van der Waals surface area contributed by atoms with Gasteiger partial charge in [0.1, 0.15) is 0 Å². The molecule has 4 amide bonds. The molecule has 0 aliphatic carbocycles. The maximum absolute atomic E-state index is 13.6. The third kappa shape index (κ3) is 39.3. The SMILES string of the molecule is C=C(C)C(=O)NCCCN(C)C.C=C(C)C(=O)OCCCCCCCCCCCC.C=CN1CCCC1=O.CCCCCCCCCCCCOC(=O)C(C)(CC(C)N1CCCC1=O)CC(C)(CC)C(=O)NCCCN(C)C. The average Bonchev–Trinajstić information content (AvgIpc) is 4.04. The minimum atomic E-state index is -0.855. The quantitative estimate of drug-likeness (QED) is 0.0343. The smallest absolute Gasteiger partial charge is 0.333 e. The van der Waals surface area contributed by atoms with E-state index in [2.05, 4.69) is 54.0 Å². The molecule has 3 unspecified atom stereocenters. The second-order valence-electron chi connectivity index (χ2n) is 23.3. The first kappa shape index (κ1) is 76.0. The zero-order chi connectivity index (χ0) is 59.2. The number of hydrogen-bond donors (Lipinski definition) is 2. The van der Waals surface area contributed by atoms with Gasteiger partial charge in [0.05, 0.1) is 18.6 Å². The van der Waals surface area contributed by atoms with Gasteiger partial charge in [0.15, 0.2) is 0 Å². The monoisotopic (exact) mass is 1100 g/mol. The first-order valence-corrected chi connectivity index (χ1v) is 30.8. The molecule has 3 atom stereocenters. The van der Waals surface area contributed by atoms with Gasteiger partial charge in [-0.3, -0.25) is 24.0 Å². The Bertz CT molecular complexity index is 1670. The molecule has 2 fully saturated rings. The van der Waals surface area contributed by atoms with Gasteiger partial charge in [-0.15, -0.1) is 0 Å². The van der Waals surface area contributed by atoms with Crippen LogP contribution in [0.5, 0.6) is 0 Å². The highest BCUT2D eigenvalue weighted by molar-refractivity contribution is 5.92. The summed E-state index contributed by atoms with van der Waals surface area (Å²) in [6.07, 6.45) is 33.4. The lowest BCUT2D eigenvalue weighted by Crippen LogP contribution is -2.47. The average molecular weight is 1100 g/mol. The molecule has 0 aromatic heterocycles. The molecule has 2 aliphatic heterocycles. The molecular formula is C64H120N6O8. The number of hydrogen-bond acceptors (Lipinski definition) is 10. The Morgan fingerprint density at radius 1 is 0.615 bits per heavy atom. The van der Waals surface area contributed by atoms with Crippen LogP contribution in [0.1, 0.15) is 242 Å². The van der Waals surface area contributed by atoms with Crippen LogP contribution in [0.25, 0.3) is 0 Å². The maximum Gasteiger partial charge on any atom is 0.333 e. The van der Waals surface area contributed by atoms with Gasteiger partial charge in [-0.25, -0.2) is 4.79 Å². The molecule has 0 saturated carbocycles. The third-order valence-electron chi connectivity index (χ3n) is 14.7. The van der Waals surface area contributed by atoms with Crippen molar-refractivity contribution in [3.05, 3.63) is 37.1 Å². The summed E-state index contributed by atoms with van der Waals surface area (Å²) in [4.78, 5) is 79.9. The van der Waals surface area contributed by atoms with Crippen molar-refractivity contribution >= 4 is 35.6 Å². The normalized spacial score (nSPS) is 14.9. The Balaban J connectivity index is 0. The molecule has 2 rings (SSSR count). The fraction of sp³-hybridized carbons (Fsp3) is 0.812. The molecule has 78 heavy (non-hydrogen) atoms. The fourth-order valence-corrected chi connectivity index (χ4v) is 9.58. The van der Waals surface area contributed by atoms with E-state index in [9.17, 15) is 28.8 Å². The largest absolute Gasteiger partial charge is 0.465 e. The fourth-order valence-electron chi connectivity index (χ4n) is 9.58. The van der Waals surface area contributed by atoms with Gasteiger partial charge in [-0.2, -0.15) is 0 Å². The van der Waals surface area contributed by atoms with Crippen molar-refractivity contribution in [1.82, 2.24) is 30.2 Å². The number of unbranched alkanes of at least 4 members (excludes halogenated alkanes) is 18. The highest BCUT2D eigenvalue weighted by atomic mass is 16.5. The molecule has 2 heterocycles. The number of rotatable bonds is 41. The van der Waals surface area contributed by atoms with Crippen molar-refractivity contribution in [2.24, 2.45) is 10.8 Å². The Labute approximate surface area is 478 Å². The number of amides is 4. The summed E-state index contributed by atoms with van der Waals surface area (Å²) in [5.74, 6) is -0.181. The summed E-state index contributed by atoms with van der Waals surface area (Å²) in [5, 5.41) is 5.89. The van der Waals surface area contributed by atoms with Crippen molar-refractivity contribution in [3.63, 3.8) is 0 Å². The minimum Gasteiger partial charge on any atom is -0.465 e. The molecule has 0 aromatic rings. The summed E-state index contributed by atoms with van der Waals surface area (Å²) in [6.45, 7) is 32.3.